The summed E-state index contributed by atoms with van der Waals surface area (Å²) in [5.74, 6) is 0. The molecular formula is C7H13NO. The molecule has 0 spiro atoms. The van der Waals surface area contributed by atoms with Gasteiger partial charge in [-0.3, -0.25) is 4.79 Å². The second-order valence-electron chi connectivity index (χ2n) is 1.53. The SMILES string of the molecule is CC.O=CN1CC=CC1. The number of hydrogen-bond acceptors (Lipinski definition) is 1. The van der Waals surface area contributed by atoms with Crippen LogP contribution in [0, 0.1) is 0 Å². The lowest BCUT2D eigenvalue weighted by Crippen LogP contribution is -2.16. The molecule has 2 heteroatoms. The molecule has 0 aromatic carbocycles. The molecule has 0 unspecified atom stereocenters. The van der Waals surface area contributed by atoms with Crippen LogP contribution in [-0.2, 0) is 4.79 Å². The molecule has 1 aliphatic rings. The number of rotatable bonds is 1. The molecule has 0 aromatic rings. The number of carbonyl (C=O) groups is 1. The van der Waals surface area contributed by atoms with E-state index < -0.39 is 0 Å². The standard InChI is InChI=1S/C5H7NO.C2H6/c7-5-6-3-1-2-4-6;1-2/h1-2,5H,3-4H2;1-2H3. The van der Waals surface area contributed by atoms with Gasteiger partial charge in [0.25, 0.3) is 0 Å². The molecule has 1 aliphatic heterocycles. The summed E-state index contributed by atoms with van der Waals surface area (Å²) < 4.78 is 0. The Labute approximate surface area is 56.2 Å². The highest BCUT2D eigenvalue weighted by molar-refractivity contribution is 5.48. The van der Waals surface area contributed by atoms with Gasteiger partial charge in [0.05, 0.1) is 0 Å². The monoisotopic (exact) mass is 127 g/mol. The van der Waals surface area contributed by atoms with Crippen molar-refractivity contribution in [2.24, 2.45) is 0 Å². The fourth-order valence-electron chi connectivity index (χ4n) is 0.580. The minimum absolute atomic E-state index is 0.795. The average molecular weight is 127 g/mol. The highest BCUT2D eigenvalue weighted by Crippen LogP contribution is 1.92. The lowest BCUT2D eigenvalue weighted by molar-refractivity contribution is -0.116. The fraction of sp³-hybridized carbons (Fsp3) is 0.571. The Kier molecular flexibility index (Phi) is 4.88. The van der Waals surface area contributed by atoms with Crippen LogP contribution in [-0.4, -0.2) is 24.4 Å². The van der Waals surface area contributed by atoms with Crippen LogP contribution in [0.15, 0.2) is 12.2 Å². The zero-order valence-electron chi connectivity index (χ0n) is 6.00. The van der Waals surface area contributed by atoms with E-state index in [2.05, 4.69) is 0 Å². The summed E-state index contributed by atoms with van der Waals surface area (Å²) in [6.45, 7) is 5.59. The predicted octanol–water partition coefficient (Wildman–Crippen LogP) is 1.04. The molecule has 0 fully saturated rings. The van der Waals surface area contributed by atoms with Crippen LogP contribution in [0.5, 0.6) is 0 Å². The first-order valence-electron chi connectivity index (χ1n) is 3.28. The van der Waals surface area contributed by atoms with E-state index in [4.69, 9.17) is 0 Å². The van der Waals surface area contributed by atoms with Gasteiger partial charge in [0, 0.05) is 13.1 Å². The zero-order valence-corrected chi connectivity index (χ0v) is 6.00. The lowest BCUT2D eigenvalue weighted by Gasteiger charge is -2.03. The van der Waals surface area contributed by atoms with Crippen molar-refractivity contribution in [1.82, 2.24) is 4.90 Å². The van der Waals surface area contributed by atoms with Gasteiger partial charge in [-0.25, -0.2) is 0 Å². The summed E-state index contributed by atoms with van der Waals surface area (Å²) in [6, 6.07) is 0. The van der Waals surface area contributed by atoms with Crippen LogP contribution in [0.2, 0.25) is 0 Å². The van der Waals surface area contributed by atoms with Crippen molar-refractivity contribution in [3.8, 4) is 0 Å². The Morgan fingerprint density at radius 3 is 2.00 bits per heavy atom. The number of nitrogens with zero attached hydrogens (tertiary/aromatic N) is 1. The molecule has 9 heavy (non-hydrogen) atoms. The Morgan fingerprint density at radius 2 is 1.78 bits per heavy atom. The highest BCUT2D eigenvalue weighted by Gasteiger charge is 1.98. The van der Waals surface area contributed by atoms with Crippen LogP contribution >= 0.6 is 0 Å². The molecule has 1 amide bonds. The number of hydrogen-bond donors (Lipinski definition) is 0. The van der Waals surface area contributed by atoms with Gasteiger partial charge in [-0.2, -0.15) is 0 Å². The maximum atomic E-state index is 9.89. The molecule has 1 rings (SSSR count). The first kappa shape index (κ1) is 8.21. The Morgan fingerprint density at radius 1 is 1.33 bits per heavy atom. The van der Waals surface area contributed by atoms with Gasteiger partial charge in [0.2, 0.25) is 6.41 Å². The van der Waals surface area contributed by atoms with Crippen LogP contribution in [0.1, 0.15) is 13.8 Å². The van der Waals surface area contributed by atoms with E-state index in [1.54, 1.807) is 4.90 Å². The summed E-state index contributed by atoms with van der Waals surface area (Å²) >= 11 is 0. The molecule has 0 aromatic heterocycles. The van der Waals surface area contributed by atoms with E-state index in [0.717, 1.165) is 19.5 Å². The summed E-state index contributed by atoms with van der Waals surface area (Å²) in [4.78, 5) is 11.6. The van der Waals surface area contributed by atoms with Crippen molar-refractivity contribution in [3.05, 3.63) is 12.2 Å². The van der Waals surface area contributed by atoms with Crippen LogP contribution < -0.4 is 0 Å². The largest absolute Gasteiger partial charge is 0.338 e. The van der Waals surface area contributed by atoms with Crippen molar-refractivity contribution >= 4 is 6.41 Å². The molecule has 0 aliphatic carbocycles. The van der Waals surface area contributed by atoms with Crippen molar-refractivity contribution in [3.63, 3.8) is 0 Å². The van der Waals surface area contributed by atoms with E-state index in [1.165, 1.54) is 0 Å². The van der Waals surface area contributed by atoms with Crippen molar-refractivity contribution < 1.29 is 4.79 Å². The van der Waals surface area contributed by atoms with Crippen molar-refractivity contribution in [2.75, 3.05) is 13.1 Å². The maximum absolute atomic E-state index is 9.89. The Hall–Kier alpha value is -0.790. The van der Waals surface area contributed by atoms with Gasteiger partial charge in [0.1, 0.15) is 0 Å². The third-order valence-corrected chi connectivity index (χ3v) is 0.996. The molecule has 0 radical (unpaired) electrons. The predicted molar refractivity (Wildman–Crippen MR) is 38.1 cm³/mol. The first-order valence-corrected chi connectivity index (χ1v) is 3.28. The van der Waals surface area contributed by atoms with Gasteiger partial charge in [-0.05, 0) is 0 Å². The summed E-state index contributed by atoms with van der Waals surface area (Å²) in [5.41, 5.74) is 0. The van der Waals surface area contributed by atoms with E-state index in [-0.39, 0.29) is 0 Å². The fourth-order valence-corrected chi connectivity index (χ4v) is 0.580. The zero-order chi connectivity index (χ0) is 7.11. The van der Waals surface area contributed by atoms with Gasteiger partial charge in [-0.1, -0.05) is 26.0 Å². The quantitative estimate of drug-likeness (QED) is 0.380. The molecule has 0 bridgehead atoms. The van der Waals surface area contributed by atoms with Crippen LogP contribution in [0.4, 0.5) is 0 Å². The molecule has 0 saturated carbocycles. The van der Waals surface area contributed by atoms with Gasteiger partial charge in [-0.15, -0.1) is 0 Å². The molecule has 52 valence electrons. The van der Waals surface area contributed by atoms with E-state index in [1.807, 2.05) is 26.0 Å². The first-order chi connectivity index (χ1) is 4.43. The van der Waals surface area contributed by atoms with E-state index >= 15 is 0 Å². The molecule has 0 atom stereocenters. The number of carbonyl (C=O) groups excluding carboxylic acids is 1. The Balaban J connectivity index is 0.000000291. The number of amides is 1. The summed E-state index contributed by atoms with van der Waals surface area (Å²) in [7, 11) is 0. The summed E-state index contributed by atoms with van der Waals surface area (Å²) in [5, 5.41) is 0. The topological polar surface area (TPSA) is 20.3 Å². The van der Waals surface area contributed by atoms with Gasteiger partial charge >= 0.3 is 0 Å². The molecular weight excluding hydrogens is 114 g/mol. The summed E-state index contributed by atoms with van der Waals surface area (Å²) in [6.07, 6.45) is 4.82. The van der Waals surface area contributed by atoms with Crippen molar-refractivity contribution in [1.29, 1.82) is 0 Å². The molecule has 2 nitrogen and oxygen atoms in total. The molecule has 0 saturated heterocycles. The minimum Gasteiger partial charge on any atom is -0.338 e. The second kappa shape index (κ2) is 5.35. The third kappa shape index (κ3) is 2.90. The van der Waals surface area contributed by atoms with Gasteiger partial charge in [0.15, 0.2) is 0 Å². The molecule has 1 heterocycles. The Bertz CT molecular complexity index is 91.1. The lowest BCUT2D eigenvalue weighted by atomic mass is 10.6. The smallest absolute Gasteiger partial charge is 0.210 e. The van der Waals surface area contributed by atoms with Crippen LogP contribution in [0.3, 0.4) is 0 Å². The highest BCUT2D eigenvalue weighted by atomic mass is 16.1. The third-order valence-electron chi connectivity index (χ3n) is 0.996. The maximum Gasteiger partial charge on any atom is 0.210 e. The van der Waals surface area contributed by atoms with Gasteiger partial charge < -0.3 is 4.90 Å². The normalized spacial score (nSPS) is 14.7. The average Bonchev–Trinajstić information content (AvgIpc) is 2.43. The molecule has 0 N–H and O–H groups in total. The minimum atomic E-state index is 0.795. The van der Waals surface area contributed by atoms with E-state index in [0.29, 0.717) is 0 Å². The van der Waals surface area contributed by atoms with Crippen molar-refractivity contribution in [2.45, 2.75) is 13.8 Å². The van der Waals surface area contributed by atoms with E-state index in [9.17, 15) is 4.79 Å². The second-order valence-corrected chi connectivity index (χ2v) is 1.53. The van der Waals surface area contributed by atoms with Crippen LogP contribution in [0.25, 0.3) is 0 Å².